The van der Waals surface area contributed by atoms with E-state index in [1.54, 1.807) is 7.11 Å². The summed E-state index contributed by atoms with van der Waals surface area (Å²) in [6.07, 6.45) is 0. The number of methoxy groups -OCH3 is 1. The van der Waals surface area contributed by atoms with Crippen molar-refractivity contribution >= 4 is 5.91 Å². The van der Waals surface area contributed by atoms with Crippen LogP contribution in [0.3, 0.4) is 0 Å². The molecule has 3 rings (SSSR count). The maximum atomic E-state index is 12.1. The second-order valence-corrected chi connectivity index (χ2v) is 5.58. The standard InChI is InChI=1S/C18H19N5O2/c1-13-5-3-4-6-16(13)18-20-22-23(21-18)12-17(24)19-11-14-7-9-15(25-2)10-8-14/h3-10H,11-12H2,1-2H3,(H,19,24). The number of nitrogens with zero attached hydrogens (tertiary/aromatic N) is 4. The zero-order valence-electron chi connectivity index (χ0n) is 14.1. The highest BCUT2D eigenvalue weighted by Crippen LogP contribution is 2.17. The van der Waals surface area contributed by atoms with Gasteiger partial charge in [-0.3, -0.25) is 4.79 Å². The van der Waals surface area contributed by atoms with Gasteiger partial charge < -0.3 is 10.1 Å². The summed E-state index contributed by atoms with van der Waals surface area (Å²) in [5.41, 5.74) is 2.96. The fourth-order valence-electron chi connectivity index (χ4n) is 2.37. The van der Waals surface area contributed by atoms with E-state index in [9.17, 15) is 4.79 Å². The van der Waals surface area contributed by atoms with Gasteiger partial charge in [0.05, 0.1) is 7.11 Å². The molecule has 0 fully saturated rings. The number of rotatable bonds is 6. The molecule has 0 saturated carbocycles. The summed E-state index contributed by atoms with van der Waals surface area (Å²) in [6.45, 7) is 2.44. The normalized spacial score (nSPS) is 10.5. The summed E-state index contributed by atoms with van der Waals surface area (Å²) in [5, 5.41) is 15.1. The third-order valence-corrected chi connectivity index (χ3v) is 3.77. The minimum absolute atomic E-state index is 0.0229. The molecule has 7 heteroatoms. The van der Waals surface area contributed by atoms with Crippen molar-refractivity contribution in [1.29, 1.82) is 0 Å². The highest BCUT2D eigenvalue weighted by Gasteiger charge is 2.10. The van der Waals surface area contributed by atoms with E-state index in [4.69, 9.17) is 4.74 Å². The second-order valence-electron chi connectivity index (χ2n) is 5.58. The molecule has 3 aromatic rings. The number of tetrazole rings is 1. The van der Waals surface area contributed by atoms with Crippen molar-refractivity contribution in [3.8, 4) is 17.1 Å². The molecule has 1 N–H and O–H groups in total. The molecule has 2 aromatic carbocycles. The number of nitrogens with one attached hydrogen (secondary N) is 1. The molecule has 0 unspecified atom stereocenters. The molecule has 25 heavy (non-hydrogen) atoms. The molecule has 1 amide bonds. The molecule has 0 aliphatic carbocycles. The van der Waals surface area contributed by atoms with Gasteiger partial charge in [-0.15, -0.1) is 10.2 Å². The SMILES string of the molecule is COc1ccc(CNC(=O)Cn2nnc(-c3ccccc3C)n2)cc1. The Hall–Kier alpha value is -3.22. The minimum Gasteiger partial charge on any atom is -0.497 e. The summed E-state index contributed by atoms with van der Waals surface area (Å²) in [7, 11) is 1.62. The van der Waals surface area contributed by atoms with Crippen LogP contribution in [0, 0.1) is 6.92 Å². The van der Waals surface area contributed by atoms with Gasteiger partial charge in [-0.2, -0.15) is 4.80 Å². The van der Waals surface area contributed by atoms with Crippen LogP contribution in [0.5, 0.6) is 5.75 Å². The summed E-state index contributed by atoms with van der Waals surface area (Å²) >= 11 is 0. The molecule has 0 spiro atoms. The van der Waals surface area contributed by atoms with E-state index >= 15 is 0 Å². The number of hydrogen-bond donors (Lipinski definition) is 1. The van der Waals surface area contributed by atoms with Crippen LogP contribution in [0.4, 0.5) is 0 Å². The number of benzene rings is 2. The largest absolute Gasteiger partial charge is 0.497 e. The Labute approximate surface area is 145 Å². The van der Waals surface area contributed by atoms with Gasteiger partial charge in [0.15, 0.2) is 0 Å². The van der Waals surface area contributed by atoms with Crippen LogP contribution in [0.25, 0.3) is 11.4 Å². The highest BCUT2D eigenvalue weighted by atomic mass is 16.5. The highest BCUT2D eigenvalue weighted by molar-refractivity contribution is 5.75. The van der Waals surface area contributed by atoms with E-state index in [0.29, 0.717) is 12.4 Å². The number of aromatic nitrogens is 4. The molecule has 128 valence electrons. The average Bonchev–Trinajstić information content (AvgIpc) is 3.09. The van der Waals surface area contributed by atoms with Crippen molar-refractivity contribution in [2.75, 3.05) is 7.11 Å². The number of carbonyl (C=O) groups is 1. The molecule has 0 saturated heterocycles. The Morgan fingerprint density at radius 1 is 1.16 bits per heavy atom. The maximum absolute atomic E-state index is 12.1. The van der Waals surface area contributed by atoms with Crippen molar-refractivity contribution < 1.29 is 9.53 Å². The van der Waals surface area contributed by atoms with Gasteiger partial charge in [-0.05, 0) is 35.4 Å². The molecule has 1 aromatic heterocycles. The Bertz CT molecular complexity index is 858. The first-order valence-electron chi connectivity index (χ1n) is 7.89. The lowest BCUT2D eigenvalue weighted by Crippen LogP contribution is -2.28. The van der Waals surface area contributed by atoms with Crippen molar-refractivity contribution in [1.82, 2.24) is 25.5 Å². The van der Waals surface area contributed by atoms with Crippen LogP contribution < -0.4 is 10.1 Å². The van der Waals surface area contributed by atoms with Gasteiger partial charge in [-0.1, -0.05) is 36.4 Å². The number of aryl methyl sites for hydroxylation is 1. The Kier molecular flexibility index (Phi) is 5.03. The predicted octanol–water partition coefficient (Wildman–Crippen LogP) is 1.97. The van der Waals surface area contributed by atoms with Gasteiger partial charge in [0.25, 0.3) is 0 Å². The molecule has 0 bridgehead atoms. The summed E-state index contributed by atoms with van der Waals surface area (Å²) in [4.78, 5) is 13.4. The van der Waals surface area contributed by atoms with Crippen LogP contribution in [0.15, 0.2) is 48.5 Å². The fraction of sp³-hybridized carbons (Fsp3) is 0.222. The average molecular weight is 337 g/mol. The summed E-state index contributed by atoms with van der Waals surface area (Å²) in [6, 6.07) is 15.3. The molecular weight excluding hydrogens is 318 g/mol. The van der Waals surface area contributed by atoms with Crippen LogP contribution in [0.2, 0.25) is 0 Å². The van der Waals surface area contributed by atoms with E-state index in [1.807, 2.05) is 55.5 Å². The van der Waals surface area contributed by atoms with Gasteiger partial charge >= 0.3 is 0 Å². The molecular formula is C18H19N5O2. The lowest BCUT2D eigenvalue weighted by molar-refractivity contribution is -0.122. The van der Waals surface area contributed by atoms with Gasteiger partial charge in [-0.25, -0.2) is 0 Å². The van der Waals surface area contributed by atoms with E-state index in [1.165, 1.54) is 4.80 Å². The summed E-state index contributed by atoms with van der Waals surface area (Å²) < 4.78 is 5.11. The second kappa shape index (κ2) is 7.57. The van der Waals surface area contributed by atoms with E-state index < -0.39 is 0 Å². The minimum atomic E-state index is -0.176. The fourth-order valence-corrected chi connectivity index (χ4v) is 2.37. The van der Waals surface area contributed by atoms with Gasteiger partial charge in [0, 0.05) is 12.1 Å². The third-order valence-electron chi connectivity index (χ3n) is 3.77. The van der Waals surface area contributed by atoms with Crippen LogP contribution in [0.1, 0.15) is 11.1 Å². The lowest BCUT2D eigenvalue weighted by Gasteiger charge is -2.05. The molecule has 0 aliphatic rings. The van der Waals surface area contributed by atoms with Gasteiger partial charge in [0.1, 0.15) is 12.3 Å². The Morgan fingerprint density at radius 2 is 1.92 bits per heavy atom. The van der Waals surface area contributed by atoms with E-state index in [0.717, 1.165) is 22.4 Å². The van der Waals surface area contributed by atoms with Crippen molar-refractivity contribution in [2.24, 2.45) is 0 Å². The third kappa shape index (κ3) is 4.20. The topological polar surface area (TPSA) is 81.9 Å². The Balaban J connectivity index is 1.57. The van der Waals surface area contributed by atoms with E-state index in [2.05, 4.69) is 20.7 Å². The molecule has 1 heterocycles. The van der Waals surface area contributed by atoms with Crippen LogP contribution >= 0.6 is 0 Å². The van der Waals surface area contributed by atoms with Crippen LogP contribution in [-0.2, 0) is 17.9 Å². The van der Waals surface area contributed by atoms with Crippen molar-refractivity contribution in [2.45, 2.75) is 20.0 Å². The molecule has 7 nitrogen and oxygen atoms in total. The quantitative estimate of drug-likeness (QED) is 0.744. The smallest absolute Gasteiger partial charge is 0.243 e. The first kappa shape index (κ1) is 16.6. The van der Waals surface area contributed by atoms with Crippen molar-refractivity contribution in [3.63, 3.8) is 0 Å². The molecule has 0 radical (unpaired) electrons. The zero-order valence-corrected chi connectivity index (χ0v) is 14.1. The number of amides is 1. The van der Waals surface area contributed by atoms with Crippen molar-refractivity contribution in [3.05, 3.63) is 59.7 Å². The monoisotopic (exact) mass is 337 g/mol. The van der Waals surface area contributed by atoms with Crippen LogP contribution in [-0.4, -0.2) is 33.2 Å². The first-order valence-corrected chi connectivity index (χ1v) is 7.89. The Morgan fingerprint density at radius 3 is 2.64 bits per heavy atom. The zero-order chi connectivity index (χ0) is 17.6. The lowest BCUT2D eigenvalue weighted by atomic mass is 10.1. The first-order chi connectivity index (χ1) is 12.2. The number of hydrogen-bond acceptors (Lipinski definition) is 5. The molecule has 0 aliphatic heterocycles. The van der Waals surface area contributed by atoms with Gasteiger partial charge in [0.2, 0.25) is 11.7 Å². The predicted molar refractivity (Wildman–Crippen MR) is 92.8 cm³/mol. The molecule has 0 atom stereocenters. The van der Waals surface area contributed by atoms with E-state index in [-0.39, 0.29) is 12.5 Å². The number of carbonyl (C=O) groups excluding carboxylic acids is 1. The maximum Gasteiger partial charge on any atom is 0.243 e. The summed E-state index contributed by atoms with van der Waals surface area (Å²) in [5.74, 6) is 1.12. The number of ether oxygens (including phenoxy) is 1.